The maximum absolute atomic E-state index is 10.5. The first kappa shape index (κ1) is 15.3. The van der Waals surface area contributed by atoms with Gasteiger partial charge in [0.1, 0.15) is 11.9 Å². The van der Waals surface area contributed by atoms with E-state index in [9.17, 15) is 5.11 Å². The van der Waals surface area contributed by atoms with Crippen molar-refractivity contribution < 1.29 is 9.84 Å². The van der Waals surface area contributed by atoms with Crippen LogP contribution in [-0.4, -0.2) is 16.2 Å². The first-order valence-corrected chi connectivity index (χ1v) is 7.39. The minimum Gasteiger partial charge on any atom is -0.489 e. The zero-order chi connectivity index (χ0) is 14.7. The third-order valence-electron chi connectivity index (χ3n) is 2.67. The first-order valence-electron chi connectivity index (χ1n) is 6.22. The largest absolute Gasteiger partial charge is 0.489 e. The number of aromatic nitrogens is 1. The third kappa shape index (κ3) is 3.72. The molecule has 0 radical (unpaired) electrons. The Morgan fingerprint density at radius 2 is 2.00 bits per heavy atom. The molecular weight excluding hydrogens is 342 g/mol. The number of aliphatic hydroxyl groups excluding tert-OH is 1. The molecule has 5 heteroatoms. The molecule has 1 N–H and O–H groups in total. The average Bonchev–Trinajstić information content (AvgIpc) is 2.40. The lowest BCUT2D eigenvalue weighted by atomic mass is 10.0. The summed E-state index contributed by atoms with van der Waals surface area (Å²) in [5.41, 5.74) is 1.35. The van der Waals surface area contributed by atoms with Crippen molar-refractivity contribution in [1.82, 2.24) is 4.98 Å². The van der Waals surface area contributed by atoms with Gasteiger partial charge >= 0.3 is 0 Å². The molecule has 3 nitrogen and oxygen atoms in total. The lowest BCUT2D eigenvalue weighted by Crippen LogP contribution is -2.07. The summed E-state index contributed by atoms with van der Waals surface area (Å²) in [5, 5.41) is 11.0. The van der Waals surface area contributed by atoms with E-state index in [4.69, 9.17) is 16.3 Å². The molecule has 20 heavy (non-hydrogen) atoms. The number of aliphatic hydroxyl groups is 1. The molecule has 2 aromatic rings. The minimum atomic E-state index is -0.814. The van der Waals surface area contributed by atoms with Gasteiger partial charge in [-0.1, -0.05) is 27.5 Å². The van der Waals surface area contributed by atoms with Crippen LogP contribution in [0.2, 0.25) is 5.02 Å². The van der Waals surface area contributed by atoms with Crippen molar-refractivity contribution in [3.05, 3.63) is 57.3 Å². The van der Waals surface area contributed by atoms with Crippen LogP contribution in [0.1, 0.15) is 31.1 Å². The summed E-state index contributed by atoms with van der Waals surface area (Å²) in [6.07, 6.45) is 2.49. The molecule has 0 fully saturated rings. The lowest BCUT2D eigenvalue weighted by Gasteiger charge is -2.15. The molecule has 1 heterocycles. The van der Waals surface area contributed by atoms with Gasteiger partial charge in [0, 0.05) is 26.8 Å². The second-order valence-corrected chi connectivity index (χ2v) is 5.98. The fourth-order valence-corrected chi connectivity index (χ4v) is 2.47. The van der Waals surface area contributed by atoms with Crippen LogP contribution in [-0.2, 0) is 0 Å². The summed E-state index contributed by atoms with van der Waals surface area (Å²) in [6, 6.07) is 7.08. The van der Waals surface area contributed by atoms with E-state index in [-0.39, 0.29) is 6.10 Å². The predicted molar refractivity (Wildman–Crippen MR) is 83.2 cm³/mol. The second kappa shape index (κ2) is 6.57. The number of ether oxygens (including phenoxy) is 1. The van der Waals surface area contributed by atoms with Gasteiger partial charge in [-0.3, -0.25) is 4.98 Å². The Morgan fingerprint density at radius 1 is 1.25 bits per heavy atom. The van der Waals surface area contributed by atoms with Crippen LogP contribution in [0.4, 0.5) is 0 Å². The number of rotatable bonds is 4. The van der Waals surface area contributed by atoms with Gasteiger partial charge in [-0.2, -0.15) is 0 Å². The molecule has 0 spiro atoms. The second-order valence-electron chi connectivity index (χ2n) is 4.69. The van der Waals surface area contributed by atoms with E-state index >= 15 is 0 Å². The van der Waals surface area contributed by atoms with Crippen LogP contribution in [0.3, 0.4) is 0 Å². The summed E-state index contributed by atoms with van der Waals surface area (Å²) >= 11 is 9.39. The number of hydrogen-bond acceptors (Lipinski definition) is 3. The van der Waals surface area contributed by atoms with Crippen molar-refractivity contribution in [2.75, 3.05) is 0 Å². The van der Waals surface area contributed by atoms with Gasteiger partial charge in [0.25, 0.3) is 0 Å². The quantitative estimate of drug-likeness (QED) is 0.884. The summed E-state index contributed by atoms with van der Waals surface area (Å²) in [7, 11) is 0. The molecule has 1 unspecified atom stereocenters. The fourth-order valence-electron chi connectivity index (χ4n) is 1.83. The van der Waals surface area contributed by atoms with Crippen LogP contribution in [0, 0.1) is 0 Å². The van der Waals surface area contributed by atoms with Crippen LogP contribution in [0.15, 0.2) is 41.1 Å². The molecule has 106 valence electrons. The van der Waals surface area contributed by atoms with Crippen molar-refractivity contribution in [2.45, 2.75) is 26.1 Å². The van der Waals surface area contributed by atoms with E-state index < -0.39 is 6.10 Å². The van der Waals surface area contributed by atoms with Crippen molar-refractivity contribution in [3.8, 4) is 5.75 Å². The highest BCUT2D eigenvalue weighted by atomic mass is 79.9. The number of nitrogens with zero attached hydrogens (tertiary/aromatic N) is 1. The smallest absolute Gasteiger partial charge is 0.138 e. The normalized spacial score (nSPS) is 12.5. The molecular formula is C15H15BrClNO2. The van der Waals surface area contributed by atoms with Gasteiger partial charge in [0.05, 0.1) is 12.3 Å². The van der Waals surface area contributed by atoms with E-state index in [1.54, 1.807) is 30.6 Å². The lowest BCUT2D eigenvalue weighted by molar-refractivity contribution is 0.215. The Hall–Kier alpha value is -1.10. The van der Waals surface area contributed by atoms with Gasteiger partial charge in [0.2, 0.25) is 0 Å². The summed E-state index contributed by atoms with van der Waals surface area (Å²) < 4.78 is 6.38. The first-order chi connectivity index (χ1) is 9.47. The monoisotopic (exact) mass is 355 g/mol. The Bertz CT molecular complexity index is 604. The minimum absolute atomic E-state index is 0.0575. The Labute approximate surface area is 131 Å². The SMILES string of the molecule is CC(C)Oc1cncc(C(O)c2cc(Cl)ccc2Br)c1. The van der Waals surface area contributed by atoms with Crippen molar-refractivity contribution >= 4 is 27.5 Å². The molecule has 2 rings (SSSR count). The maximum Gasteiger partial charge on any atom is 0.138 e. The fraction of sp³-hybridized carbons (Fsp3) is 0.267. The van der Waals surface area contributed by atoms with Gasteiger partial charge in [0.15, 0.2) is 0 Å². The molecule has 0 aliphatic rings. The van der Waals surface area contributed by atoms with E-state index in [2.05, 4.69) is 20.9 Å². The number of pyridine rings is 1. The molecule has 0 aliphatic carbocycles. The number of benzene rings is 1. The Balaban J connectivity index is 2.33. The van der Waals surface area contributed by atoms with Gasteiger partial charge in [-0.25, -0.2) is 0 Å². The standard InChI is InChI=1S/C15H15BrClNO2/c1-9(2)20-12-5-10(7-18-8-12)15(19)13-6-11(17)3-4-14(13)16/h3-9,15,19H,1-2H3. The highest BCUT2D eigenvalue weighted by Crippen LogP contribution is 2.31. The van der Waals surface area contributed by atoms with E-state index in [0.717, 1.165) is 4.47 Å². The highest BCUT2D eigenvalue weighted by molar-refractivity contribution is 9.10. The number of halogens is 2. The van der Waals surface area contributed by atoms with Gasteiger partial charge in [-0.05, 0) is 38.1 Å². The average molecular weight is 357 g/mol. The van der Waals surface area contributed by atoms with E-state index in [0.29, 0.717) is 21.9 Å². The van der Waals surface area contributed by atoms with Crippen LogP contribution in [0.25, 0.3) is 0 Å². The molecule has 0 bridgehead atoms. The molecule has 1 aromatic carbocycles. The Morgan fingerprint density at radius 3 is 2.70 bits per heavy atom. The molecule has 0 amide bonds. The van der Waals surface area contributed by atoms with Crippen molar-refractivity contribution in [1.29, 1.82) is 0 Å². The molecule has 1 atom stereocenters. The Kier molecular flexibility index (Phi) is 5.02. The van der Waals surface area contributed by atoms with E-state index in [1.165, 1.54) is 0 Å². The highest BCUT2D eigenvalue weighted by Gasteiger charge is 2.15. The maximum atomic E-state index is 10.5. The third-order valence-corrected chi connectivity index (χ3v) is 3.63. The zero-order valence-electron chi connectivity index (χ0n) is 11.2. The summed E-state index contributed by atoms with van der Waals surface area (Å²) in [6.45, 7) is 3.88. The van der Waals surface area contributed by atoms with Crippen molar-refractivity contribution in [3.63, 3.8) is 0 Å². The zero-order valence-corrected chi connectivity index (χ0v) is 13.5. The van der Waals surface area contributed by atoms with Gasteiger partial charge in [-0.15, -0.1) is 0 Å². The topological polar surface area (TPSA) is 42.4 Å². The van der Waals surface area contributed by atoms with E-state index in [1.807, 2.05) is 19.9 Å². The summed E-state index contributed by atoms with van der Waals surface area (Å²) in [4.78, 5) is 4.10. The molecule has 0 saturated carbocycles. The van der Waals surface area contributed by atoms with Crippen molar-refractivity contribution in [2.24, 2.45) is 0 Å². The van der Waals surface area contributed by atoms with Crippen LogP contribution >= 0.6 is 27.5 Å². The molecule has 0 saturated heterocycles. The predicted octanol–water partition coefficient (Wildman–Crippen LogP) is 4.37. The number of hydrogen-bond donors (Lipinski definition) is 1. The summed E-state index contributed by atoms with van der Waals surface area (Å²) in [5.74, 6) is 0.634. The molecule has 1 aromatic heterocycles. The van der Waals surface area contributed by atoms with Crippen LogP contribution in [0.5, 0.6) is 5.75 Å². The van der Waals surface area contributed by atoms with Crippen LogP contribution < -0.4 is 4.74 Å². The van der Waals surface area contributed by atoms with Gasteiger partial charge < -0.3 is 9.84 Å². The molecule has 0 aliphatic heterocycles.